The summed E-state index contributed by atoms with van der Waals surface area (Å²) in [5, 5.41) is 0. The molecule has 31 heavy (non-hydrogen) atoms. The zero-order valence-corrected chi connectivity index (χ0v) is 18.8. The number of hydrogen-bond acceptors (Lipinski definition) is 5. The van der Waals surface area contributed by atoms with Crippen LogP contribution in [0.2, 0.25) is 0 Å². The Kier molecular flexibility index (Phi) is 6.92. The van der Waals surface area contributed by atoms with Crippen LogP contribution in [0, 0.1) is 6.92 Å². The second-order valence-electron chi connectivity index (χ2n) is 8.37. The average molecular weight is 417 g/mol. The number of methoxy groups -OCH3 is 1. The summed E-state index contributed by atoms with van der Waals surface area (Å²) in [7, 11) is 1.75. The Morgan fingerprint density at radius 1 is 1.13 bits per heavy atom. The Balaban J connectivity index is 1.73. The summed E-state index contributed by atoms with van der Waals surface area (Å²) in [6.07, 6.45) is 11.2. The van der Waals surface area contributed by atoms with Crippen LogP contribution >= 0.6 is 0 Å². The molecule has 5 heteroatoms. The molecule has 162 valence electrons. The molecule has 0 amide bonds. The van der Waals surface area contributed by atoms with Gasteiger partial charge >= 0.3 is 0 Å². The number of likely N-dealkylation sites (tertiary alicyclic amines) is 1. The number of aromatic nitrogens is 3. The zero-order chi connectivity index (χ0) is 21.6. The number of ether oxygens (including phenoxy) is 1. The van der Waals surface area contributed by atoms with E-state index >= 15 is 0 Å². The summed E-state index contributed by atoms with van der Waals surface area (Å²) in [5.74, 6) is 1.90. The highest BCUT2D eigenvalue weighted by Crippen LogP contribution is 2.37. The first-order valence-corrected chi connectivity index (χ1v) is 11.3. The van der Waals surface area contributed by atoms with E-state index in [1.807, 2.05) is 18.6 Å². The molecule has 4 rings (SSSR count). The number of benzene rings is 1. The van der Waals surface area contributed by atoms with Gasteiger partial charge in [0, 0.05) is 42.7 Å². The number of aryl methyl sites for hydroxylation is 2. The van der Waals surface area contributed by atoms with E-state index in [-0.39, 0.29) is 6.04 Å². The quantitative estimate of drug-likeness (QED) is 0.506. The third-order valence-electron chi connectivity index (χ3n) is 6.07. The van der Waals surface area contributed by atoms with Crippen LogP contribution in [0.5, 0.6) is 5.75 Å². The van der Waals surface area contributed by atoms with E-state index in [9.17, 15) is 0 Å². The smallest absolute Gasteiger partial charge is 0.128 e. The van der Waals surface area contributed by atoms with Crippen molar-refractivity contribution in [1.29, 1.82) is 0 Å². The molecule has 1 saturated heterocycles. The topological polar surface area (TPSA) is 51.1 Å². The molecule has 0 radical (unpaired) electrons. The lowest BCUT2D eigenvalue weighted by molar-refractivity contribution is 0.136. The van der Waals surface area contributed by atoms with Crippen LogP contribution in [0.15, 0.2) is 48.9 Å². The highest BCUT2D eigenvalue weighted by Gasteiger charge is 2.29. The molecule has 1 aromatic carbocycles. The fourth-order valence-electron chi connectivity index (χ4n) is 4.52. The third kappa shape index (κ3) is 4.93. The Morgan fingerprint density at radius 2 is 1.97 bits per heavy atom. The number of nitrogens with zero attached hydrogens (tertiary/aromatic N) is 4. The van der Waals surface area contributed by atoms with Gasteiger partial charge in [-0.2, -0.15) is 0 Å². The van der Waals surface area contributed by atoms with E-state index in [0.29, 0.717) is 0 Å². The lowest BCUT2D eigenvalue weighted by Crippen LogP contribution is -2.34. The Labute approximate surface area is 185 Å². The second-order valence-corrected chi connectivity index (χ2v) is 8.37. The van der Waals surface area contributed by atoms with Gasteiger partial charge in [0.2, 0.25) is 0 Å². The molecule has 0 unspecified atom stereocenters. The fraction of sp³-hybridized carbons (Fsp3) is 0.423. The Bertz CT molecular complexity index is 1010. The maximum Gasteiger partial charge on any atom is 0.128 e. The molecule has 1 atom stereocenters. The van der Waals surface area contributed by atoms with Crippen LogP contribution in [-0.2, 0) is 13.0 Å². The molecule has 0 spiro atoms. The van der Waals surface area contributed by atoms with Gasteiger partial charge in [-0.25, -0.2) is 9.97 Å². The predicted octanol–water partition coefficient (Wildman–Crippen LogP) is 5.54. The van der Waals surface area contributed by atoms with Crippen LogP contribution in [0.25, 0.3) is 11.1 Å². The van der Waals surface area contributed by atoms with Crippen molar-refractivity contribution in [2.24, 2.45) is 0 Å². The van der Waals surface area contributed by atoms with Crippen LogP contribution < -0.4 is 4.74 Å². The zero-order valence-electron chi connectivity index (χ0n) is 18.8. The van der Waals surface area contributed by atoms with E-state index in [1.165, 1.54) is 24.0 Å². The SMILES string of the molecule is CCCc1ncc(-c2ccncc2)c([C@H]2CCCCN2Cc2cc(C)ccc2OC)n1. The number of hydrogen-bond donors (Lipinski definition) is 0. The molecule has 3 aromatic rings. The van der Waals surface area contributed by atoms with Crippen LogP contribution in [0.4, 0.5) is 0 Å². The standard InChI is InChI=1S/C26H32N4O/c1-4-7-25-28-17-22(20-11-13-27-14-12-20)26(29-25)23-8-5-6-15-30(23)18-21-16-19(2)9-10-24(21)31-3/h9-14,16-17,23H,4-8,15,18H2,1-3H3/t23-/m1/s1. The van der Waals surface area contributed by atoms with Gasteiger partial charge in [0.05, 0.1) is 18.8 Å². The molecule has 2 aromatic heterocycles. The van der Waals surface area contributed by atoms with Gasteiger partial charge in [-0.3, -0.25) is 9.88 Å². The van der Waals surface area contributed by atoms with Gasteiger partial charge in [-0.15, -0.1) is 0 Å². The van der Waals surface area contributed by atoms with E-state index in [4.69, 9.17) is 9.72 Å². The van der Waals surface area contributed by atoms with Gasteiger partial charge in [0.15, 0.2) is 0 Å². The molecular weight excluding hydrogens is 384 g/mol. The van der Waals surface area contributed by atoms with E-state index in [2.05, 4.69) is 59.0 Å². The maximum atomic E-state index is 5.67. The average Bonchev–Trinajstić information content (AvgIpc) is 2.80. The maximum absolute atomic E-state index is 5.67. The van der Waals surface area contributed by atoms with Crippen molar-refractivity contribution in [3.8, 4) is 16.9 Å². The monoisotopic (exact) mass is 416 g/mol. The molecule has 1 aliphatic heterocycles. The van der Waals surface area contributed by atoms with Crippen molar-refractivity contribution in [2.45, 2.75) is 58.5 Å². The van der Waals surface area contributed by atoms with Gasteiger partial charge < -0.3 is 4.74 Å². The van der Waals surface area contributed by atoms with Crippen LogP contribution in [-0.4, -0.2) is 33.5 Å². The molecule has 5 nitrogen and oxygen atoms in total. The summed E-state index contributed by atoms with van der Waals surface area (Å²) >= 11 is 0. The minimum atomic E-state index is 0.265. The number of piperidine rings is 1. The molecule has 3 heterocycles. The van der Waals surface area contributed by atoms with Gasteiger partial charge in [-0.05, 0) is 56.5 Å². The fourth-order valence-corrected chi connectivity index (χ4v) is 4.52. The van der Waals surface area contributed by atoms with Crippen LogP contribution in [0.3, 0.4) is 0 Å². The van der Waals surface area contributed by atoms with E-state index < -0.39 is 0 Å². The molecule has 0 bridgehead atoms. The summed E-state index contributed by atoms with van der Waals surface area (Å²) in [6, 6.07) is 10.8. The van der Waals surface area contributed by atoms with Crippen molar-refractivity contribution in [3.63, 3.8) is 0 Å². The second kappa shape index (κ2) is 10.0. The minimum absolute atomic E-state index is 0.265. The minimum Gasteiger partial charge on any atom is -0.496 e. The van der Waals surface area contributed by atoms with Crippen molar-refractivity contribution < 1.29 is 4.74 Å². The van der Waals surface area contributed by atoms with E-state index in [1.54, 1.807) is 7.11 Å². The molecule has 0 N–H and O–H groups in total. The summed E-state index contributed by atoms with van der Waals surface area (Å²) in [6.45, 7) is 6.24. The van der Waals surface area contributed by atoms with E-state index in [0.717, 1.165) is 60.7 Å². The normalized spacial score (nSPS) is 16.9. The molecule has 1 fully saturated rings. The Hall–Kier alpha value is -2.79. The first kappa shape index (κ1) is 21.4. The van der Waals surface area contributed by atoms with Crippen molar-refractivity contribution in [3.05, 3.63) is 71.6 Å². The predicted molar refractivity (Wildman–Crippen MR) is 124 cm³/mol. The summed E-state index contributed by atoms with van der Waals surface area (Å²) in [4.78, 5) is 16.6. The van der Waals surface area contributed by atoms with Gasteiger partial charge in [-0.1, -0.05) is 31.0 Å². The first-order chi connectivity index (χ1) is 15.2. The van der Waals surface area contributed by atoms with Gasteiger partial charge in [0.1, 0.15) is 11.6 Å². The summed E-state index contributed by atoms with van der Waals surface area (Å²) in [5.41, 5.74) is 5.90. The number of rotatable bonds is 7. The highest BCUT2D eigenvalue weighted by molar-refractivity contribution is 5.65. The van der Waals surface area contributed by atoms with Crippen molar-refractivity contribution in [2.75, 3.05) is 13.7 Å². The summed E-state index contributed by atoms with van der Waals surface area (Å²) < 4.78 is 5.67. The highest BCUT2D eigenvalue weighted by atomic mass is 16.5. The number of pyridine rings is 1. The van der Waals surface area contributed by atoms with Gasteiger partial charge in [0.25, 0.3) is 0 Å². The van der Waals surface area contributed by atoms with Crippen LogP contribution in [0.1, 0.15) is 61.3 Å². The first-order valence-electron chi connectivity index (χ1n) is 11.3. The van der Waals surface area contributed by atoms with Crippen molar-refractivity contribution >= 4 is 0 Å². The van der Waals surface area contributed by atoms with Crippen molar-refractivity contribution in [1.82, 2.24) is 19.9 Å². The lowest BCUT2D eigenvalue weighted by Gasteiger charge is -2.36. The molecular formula is C26H32N4O. The Morgan fingerprint density at radius 3 is 2.74 bits per heavy atom. The largest absolute Gasteiger partial charge is 0.496 e. The third-order valence-corrected chi connectivity index (χ3v) is 6.07. The lowest BCUT2D eigenvalue weighted by atomic mass is 9.93. The molecule has 1 aliphatic rings. The molecule has 0 saturated carbocycles. The molecule has 0 aliphatic carbocycles.